The lowest BCUT2D eigenvalue weighted by atomic mass is 9.83. The minimum absolute atomic E-state index is 0.0282. The van der Waals surface area contributed by atoms with Crippen molar-refractivity contribution in [3.8, 4) is 11.8 Å². The molecule has 0 radical (unpaired) electrons. The van der Waals surface area contributed by atoms with Crippen LogP contribution in [0.25, 0.3) is 0 Å². The predicted octanol–water partition coefficient (Wildman–Crippen LogP) is 2.65. The Morgan fingerprint density at radius 1 is 1.43 bits per heavy atom. The highest BCUT2D eigenvalue weighted by atomic mass is 16.2. The van der Waals surface area contributed by atoms with Crippen molar-refractivity contribution in [2.24, 2.45) is 5.92 Å². The Kier molecular flexibility index (Phi) is 5.83. The van der Waals surface area contributed by atoms with Crippen molar-refractivity contribution in [3.63, 3.8) is 0 Å². The van der Waals surface area contributed by atoms with E-state index < -0.39 is 0 Å². The Labute approximate surface area is 126 Å². The van der Waals surface area contributed by atoms with Crippen molar-refractivity contribution >= 4 is 5.91 Å². The summed E-state index contributed by atoms with van der Waals surface area (Å²) in [6.45, 7) is 2.79. The van der Waals surface area contributed by atoms with E-state index in [4.69, 9.17) is 5.11 Å². The van der Waals surface area contributed by atoms with Gasteiger partial charge in [-0.2, -0.15) is 0 Å². The number of aryl methyl sites for hydroxylation is 1. The molecular formula is C18H23NO2. The molecular weight excluding hydrogens is 262 g/mol. The normalized spacial score (nSPS) is 14.0. The highest BCUT2D eigenvalue weighted by molar-refractivity contribution is 5.94. The van der Waals surface area contributed by atoms with E-state index in [2.05, 4.69) is 17.2 Å². The molecule has 0 heterocycles. The first-order valence-electron chi connectivity index (χ1n) is 7.69. The van der Waals surface area contributed by atoms with E-state index in [1.54, 1.807) is 0 Å². The van der Waals surface area contributed by atoms with Crippen LogP contribution in [-0.2, 0) is 0 Å². The van der Waals surface area contributed by atoms with Crippen LogP contribution in [0.15, 0.2) is 18.2 Å². The lowest BCUT2D eigenvalue weighted by Gasteiger charge is -2.25. The lowest BCUT2D eigenvalue weighted by molar-refractivity contribution is 0.0949. The first-order chi connectivity index (χ1) is 10.2. The zero-order chi connectivity index (χ0) is 15.1. The second-order valence-electron chi connectivity index (χ2n) is 5.65. The Hall–Kier alpha value is -1.79. The van der Waals surface area contributed by atoms with Crippen LogP contribution in [0.1, 0.15) is 53.6 Å². The average Bonchev–Trinajstić information content (AvgIpc) is 2.43. The number of rotatable bonds is 5. The molecule has 0 spiro atoms. The molecule has 1 aliphatic carbocycles. The quantitative estimate of drug-likeness (QED) is 0.817. The number of nitrogens with one attached hydrogen (secondary N) is 1. The SMILES string of the molecule is Cc1ccc(C(=O)NCCC2CCC2)cc1C#CCCO. The third kappa shape index (κ3) is 4.61. The summed E-state index contributed by atoms with van der Waals surface area (Å²) in [7, 11) is 0. The molecule has 3 nitrogen and oxygen atoms in total. The van der Waals surface area contributed by atoms with E-state index in [0.29, 0.717) is 12.0 Å². The summed E-state index contributed by atoms with van der Waals surface area (Å²) in [5, 5.41) is 11.7. The zero-order valence-corrected chi connectivity index (χ0v) is 12.6. The first kappa shape index (κ1) is 15.6. The van der Waals surface area contributed by atoms with Crippen LogP contribution in [0.3, 0.4) is 0 Å². The van der Waals surface area contributed by atoms with Gasteiger partial charge < -0.3 is 10.4 Å². The Morgan fingerprint density at radius 3 is 2.90 bits per heavy atom. The maximum absolute atomic E-state index is 12.1. The number of benzene rings is 1. The molecule has 1 aromatic carbocycles. The highest BCUT2D eigenvalue weighted by Crippen LogP contribution is 2.28. The molecule has 0 aliphatic heterocycles. The fourth-order valence-electron chi connectivity index (χ4n) is 2.38. The van der Waals surface area contributed by atoms with Gasteiger partial charge in [-0.1, -0.05) is 37.2 Å². The average molecular weight is 285 g/mol. The topological polar surface area (TPSA) is 49.3 Å². The molecule has 1 saturated carbocycles. The minimum Gasteiger partial charge on any atom is -0.395 e. The summed E-state index contributed by atoms with van der Waals surface area (Å²) in [6.07, 6.45) is 5.50. The van der Waals surface area contributed by atoms with Crippen LogP contribution in [0.5, 0.6) is 0 Å². The van der Waals surface area contributed by atoms with Gasteiger partial charge in [-0.15, -0.1) is 0 Å². The number of hydrogen-bond donors (Lipinski definition) is 2. The summed E-state index contributed by atoms with van der Waals surface area (Å²) >= 11 is 0. The third-order valence-electron chi connectivity index (χ3n) is 4.02. The van der Waals surface area contributed by atoms with Crippen molar-refractivity contribution in [3.05, 3.63) is 34.9 Å². The lowest BCUT2D eigenvalue weighted by Crippen LogP contribution is -2.27. The van der Waals surface area contributed by atoms with Gasteiger partial charge in [0.05, 0.1) is 6.61 Å². The second-order valence-corrected chi connectivity index (χ2v) is 5.65. The largest absolute Gasteiger partial charge is 0.395 e. The number of aliphatic hydroxyl groups is 1. The van der Waals surface area contributed by atoms with Gasteiger partial charge in [0.1, 0.15) is 0 Å². The van der Waals surface area contributed by atoms with Gasteiger partial charge in [0.25, 0.3) is 5.91 Å². The van der Waals surface area contributed by atoms with Gasteiger partial charge in [-0.3, -0.25) is 4.79 Å². The van der Waals surface area contributed by atoms with Gasteiger partial charge in [0.2, 0.25) is 0 Å². The molecule has 2 rings (SSSR count). The monoisotopic (exact) mass is 285 g/mol. The molecule has 2 N–H and O–H groups in total. The van der Waals surface area contributed by atoms with Crippen LogP contribution < -0.4 is 5.32 Å². The minimum atomic E-state index is -0.0282. The summed E-state index contributed by atoms with van der Waals surface area (Å²) in [6, 6.07) is 5.59. The molecule has 0 bridgehead atoms. The fourth-order valence-corrected chi connectivity index (χ4v) is 2.38. The van der Waals surface area contributed by atoms with E-state index in [-0.39, 0.29) is 12.5 Å². The molecule has 112 valence electrons. The molecule has 0 saturated heterocycles. The Balaban J connectivity index is 1.93. The number of hydrogen-bond acceptors (Lipinski definition) is 2. The fraction of sp³-hybridized carbons (Fsp3) is 0.500. The summed E-state index contributed by atoms with van der Waals surface area (Å²) in [5.41, 5.74) is 2.56. The van der Waals surface area contributed by atoms with Crippen LogP contribution in [0, 0.1) is 24.7 Å². The predicted molar refractivity (Wildman–Crippen MR) is 84.1 cm³/mol. The molecule has 1 aromatic rings. The van der Waals surface area contributed by atoms with E-state index in [0.717, 1.165) is 30.0 Å². The van der Waals surface area contributed by atoms with Crippen molar-refractivity contribution in [1.82, 2.24) is 5.32 Å². The molecule has 0 atom stereocenters. The van der Waals surface area contributed by atoms with Gasteiger partial charge in [-0.25, -0.2) is 0 Å². The van der Waals surface area contributed by atoms with E-state index in [9.17, 15) is 4.79 Å². The van der Waals surface area contributed by atoms with Crippen LogP contribution in [0.4, 0.5) is 0 Å². The third-order valence-corrected chi connectivity index (χ3v) is 4.02. The van der Waals surface area contributed by atoms with Gasteiger partial charge >= 0.3 is 0 Å². The number of carbonyl (C=O) groups excluding carboxylic acids is 1. The van der Waals surface area contributed by atoms with E-state index in [1.165, 1.54) is 19.3 Å². The molecule has 1 amide bonds. The Morgan fingerprint density at radius 2 is 2.24 bits per heavy atom. The number of carbonyl (C=O) groups is 1. The van der Waals surface area contributed by atoms with Gasteiger partial charge in [0, 0.05) is 24.1 Å². The number of amides is 1. The van der Waals surface area contributed by atoms with Crippen LogP contribution in [0.2, 0.25) is 0 Å². The molecule has 3 heteroatoms. The van der Waals surface area contributed by atoms with Crippen LogP contribution >= 0.6 is 0 Å². The second kappa shape index (κ2) is 7.85. The number of aliphatic hydroxyl groups excluding tert-OH is 1. The summed E-state index contributed by atoms with van der Waals surface area (Å²) in [5.74, 6) is 6.69. The van der Waals surface area contributed by atoms with Crippen molar-refractivity contribution in [2.45, 2.75) is 39.0 Å². The zero-order valence-electron chi connectivity index (χ0n) is 12.6. The van der Waals surface area contributed by atoms with Crippen LogP contribution in [-0.4, -0.2) is 24.2 Å². The van der Waals surface area contributed by atoms with Gasteiger partial charge in [0.15, 0.2) is 0 Å². The van der Waals surface area contributed by atoms with E-state index in [1.807, 2.05) is 25.1 Å². The molecule has 1 aliphatic rings. The maximum atomic E-state index is 12.1. The molecule has 0 unspecified atom stereocenters. The van der Waals surface area contributed by atoms with Crippen molar-refractivity contribution in [2.75, 3.05) is 13.2 Å². The summed E-state index contributed by atoms with van der Waals surface area (Å²) in [4.78, 5) is 12.1. The van der Waals surface area contributed by atoms with Crippen molar-refractivity contribution in [1.29, 1.82) is 0 Å². The van der Waals surface area contributed by atoms with Gasteiger partial charge in [-0.05, 0) is 37.0 Å². The first-order valence-corrected chi connectivity index (χ1v) is 7.69. The van der Waals surface area contributed by atoms with Crippen molar-refractivity contribution < 1.29 is 9.90 Å². The molecule has 1 fully saturated rings. The standard InChI is InChI=1S/C18H23NO2/c1-14-8-9-17(13-16(14)7-2-3-12-20)18(21)19-11-10-15-5-4-6-15/h8-9,13,15,20H,3-6,10-12H2,1H3,(H,19,21). The molecule has 21 heavy (non-hydrogen) atoms. The maximum Gasteiger partial charge on any atom is 0.251 e. The molecule has 0 aromatic heterocycles. The summed E-state index contributed by atoms with van der Waals surface area (Å²) < 4.78 is 0. The smallest absolute Gasteiger partial charge is 0.251 e. The highest BCUT2D eigenvalue weighted by Gasteiger charge is 2.17. The van der Waals surface area contributed by atoms with E-state index >= 15 is 0 Å². The Bertz CT molecular complexity index is 550.